The van der Waals surface area contributed by atoms with Crippen molar-refractivity contribution in [1.29, 1.82) is 0 Å². The van der Waals surface area contributed by atoms with Crippen molar-refractivity contribution < 1.29 is 23.1 Å². The van der Waals surface area contributed by atoms with Crippen LogP contribution in [0.5, 0.6) is 0 Å². The van der Waals surface area contributed by atoms with E-state index in [2.05, 4.69) is 15.7 Å². The van der Waals surface area contributed by atoms with Crippen LogP contribution in [-0.4, -0.2) is 34.0 Å². The Hall–Kier alpha value is -3.23. The molecule has 0 radical (unpaired) electrons. The molecule has 0 aliphatic heterocycles. The van der Waals surface area contributed by atoms with Crippen molar-refractivity contribution in [2.75, 3.05) is 10.7 Å². The van der Waals surface area contributed by atoms with E-state index in [0.717, 1.165) is 11.1 Å². The van der Waals surface area contributed by atoms with Gasteiger partial charge in [-0.1, -0.05) is 6.07 Å². The number of benzene rings is 1. The van der Waals surface area contributed by atoms with Crippen molar-refractivity contribution in [2.45, 2.75) is 39.3 Å². The van der Waals surface area contributed by atoms with Crippen LogP contribution in [0, 0.1) is 11.8 Å². The summed E-state index contributed by atoms with van der Waals surface area (Å²) in [5.41, 5.74) is 2.42. The Kier molecular flexibility index (Phi) is 6.50. The lowest BCUT2D eigenvalue weighted by Gasteiger charge is -2.30. The summed E-state index contributed by atoms with van der Waals surface area (Å²) in [6, 6.07) is 6.92. The molecular weight excluding hydrogens is 370 g/mol. The van der Waals surface area contributed by atoms with Crippen molar-refractivity contribution in [3.05, 3.63) is 48.2 Å². The molecule has 7 nitrogen and oxygen atoms in total. The van der Waals surface area contributed by atoms with Gasteiger partial charge in [-0.05, 0) is 58.0 Å². The molecule has 2 aromatic rings. The maximum atomic E-state index is 13.7. The molecule has 0 saturated heterocycles. The van der Waals surface area contributed by atoms with E-state index in [4.69, 9.17) is 4.74 Å². The van der Waals surface area contributed by atoms with Crippen molar-refractivity contribution >= 4 is 29.6 Å². The van der Waals surface area contributed by atoms with Gasteiger partial charge < -0.3 is 14.8 Å². The number of rotatable bonds is 6. The summed E-state index contributed by atoms with van der Waals surface area (Å²) in [7, 11) is 0. The van der Waals surface area contributed by atoms with Crippen molar-refractivity contribution in [1.82, 2.24) is 9.99 Å². The highest BCUT2D eigenvalue weighted by Crippen LogP contribution is 2.27. The first-order valence-electron chi connectivity index (χ1n) is 8.52. The summed E-state index contributed by atoms with van der Waals surface area (Å²) in [6.07, 6.45) is -0.229. The molecule has 1 unspecified atom stereocenters. The number of hydrazine groups is 1. The summed E-state index contributed by atoms with van der Waals surface area (Å²) >= 11 is 0. The minimum absolute atomic E-state index is 0.140. The number of nitrogens with zero attached hydrogens (tertiary/aromatic N) is 2. The maximum absolute atomic E-state index is 13.7. The molecule has 1 aromatic carbocycles. The lowest BCUT2D eigenvalue weighted by molar-refractivity contribution is -0.111. The summed E-state index contributed by atoms with van der Waals surface area (Å²) in [5, 5.41) is 3.76. The van der Waals surface area contributed by atoms with Crippen LogP contribution in [0.25, 0.3) is 0 Å². The lowest BCUT2D eigenvalue weighted by Crippen LogP contribution is -2.46. The Morgan fingerprint density at radius 3 is 2.54 bits per heavy atom. The molecule has 9 heteroatoms. The molecule has 150 valence electrons. The molecule has 2 rings (SSSR count). The Balaban J connectivity index is 2.33. The molecule has 0 aliphatic rings. The number of carbonyl (C=O) groups excluding carboxylic acids is 2. The highest BCUT2D eigenvalue weighted by molar-refractivity contribution is 5.79. The highest BCUT2D eigenvalue weighted by atomic mass is 19.1. The predicted molar refractivity (Wildman–Crippen MR) is 101 cm³/mol. The van der Waals surface area contributed by atoms with Crippen molar-refractivity contribution in [3.63, 3.8) is 0 Å². The Bertz CT molecular complexity index is 855. The van der Waals surface area contributed by atoms with Gasteiger partial charge in [-0.3, -0.25) is 5.43 Å². The van der Waals surface area contributed by atoms with Gasteiger partial charge in [0.1, 0.15) is 29.6 Å². The number of aldehydes is 1. The number of aromatic nitrogens is 1. The van der Waals surface area contributed by atoms with E-state index in [1.165, 1.54) is 37.3 Å². The van der Waals surface area contributed by atoms with E-state index in [1.807, 2.05) is 0 Å². The number of ether oxygens (including phenoxy) is 1. The number of nitrogens with one attached hydrogen (secondary N) is 2. The number of hydrogen-bond acceptors (Lipinski definition) is 6. The third-order valence-electron chi connectivity index (χ3n) is 3.39. The van der Waals surface area contributed by atoms with Gasteiger partial charge in [-0.2, -0.15) is 4.39 Å². The molecule has 1 aromatic heterocycles. The molecule has 0 fully saturated rings. The first kappa shape index (κ1) is 21.1. The highest BCUT2D eigenvalue weighted by Gasteiger charge is 2.27. The zero-order valence-corrected chi connectivity index (χ0v) is 16.0. The van der Waals surface area contributed by atoms with E-state index >= 15 is 0 Å². The molecule has 1 heterocycles. The van der Waals surface area contributed by atoms with Gasteiger partial charge in [0, 0.05) is 0 Å². The third kappa shape index (κ3) is 5.90. The van der Waals surface area contributed by atoms with Crippen LogP contribution in [-0.2, 0) is 9.53 Å². The maximum Gasteiger partial charge on any atom is 0.429 e. The van der Waals surface area contributed by atoms with Crippen molar-refractivity contribution in [2.24, 2.45) is 0 Å². The minimum Gasteiger partial charge on any atom is -0.442 e. The number of carbonyl (C=O) groups is 2. The van der Waals surface area contributed by atoms with Crippen LogP contribution in [0.15, 0.2) is 36.4 Å². The average Bonchev–Trinajstić information content (AvgIpc) is 2.59. The standard InChI is InChI=1S/C19H22F2N4O3/c1-12(11-26)25(18(27)28-19(2,3)4)24-14-9-8-13(20)10-15(14)22-17-7-5-6-16(21)23-17/h5-12,24H,1-4H3,(H,22,23). The SMILES string of the molecule is CC(C=O)N(Nc1ccc(F)cc1Nc1cccc(F)n1)C(=O)OC(C)(C)C. The zero-order chi connectivity index (χ0) is 20.9. The first-order chi connectivity index (χ1) is 13.1. The molecule has 0 aliphatic carbocycles. The van der Waals surface area contributed by atoms with E-state index in [-0.39, 0.29) is 17.2 Å². The van der Waals surface area contributed by atoms with Crippen LogP contribution >= 0.6 is 0 Å². The normalized spacial score (nSPS) is 12.1. The molecule has 28 heavy (non-hydrogen) atoms. The fourth-order valence-corrected chi connectivity index (χ4v) is 2.15. The predicted octanol–water partition coefficient (Wildman–Crippen LogP) is 4.25. The summed E-state index contributed by atoms with van der Waals surface area (Å²) in [5.74, 6) is -1.13. The van der Waals surface area contributed by atoms with Gasteiger partial charge in [-0.15, -0.1) is 0 Å². The number of halogens is 2. The smallest absolute Gasteiger partial charge is 0.429 e. The summed E-state index contributed by atoms with van der Waals surface area (Å²) in [4.78, 5) is 27.4. The van der Waals surface area contributed by atoms with E-state index in [1.54, 1.807) is 20.8 Å². The average molecular weight is 392 g/mol. The van der Waals surface area contributed by atoms with Gasteiger partial charge in [-0.25, -0.2) is 19.2 Å². The Morgan fingerprint density at radius 2 is 1.93 bits per heavy atom. The van der Waals surface area contributed by atoms with E-state index in [0.29, 0.717) is 6.29 Å². The van der Waals surface area contributed by atoms with Crippen LogP contribution in [0.3, 0.4) is 0 Å². The second-order valence-corrected chi connectivity index (χ2v) is 7.00. The van der Waals surface area contributed by atoms with Gasteiger partial charge >= 0.3 is 6.09 Å². The number of anilines is 3. The first-order valence-corrected chi connectivity index (χ1v) is 8.52. The molecule has 1 atom stereocenters. The van der Waals surface area contributed by atoms with Gasteiger partial charge in [0.2, 0.25) is 5.95 Å². The Morgan fingerprint density at radius 1 is 1.21 bits per heavy atom. The van der Waals surface area contributed by atoms with Crippen LogP contribution in [0.1, 0.15) is 27.7 Å². The number of amides is 1. The fourth-order valence-electron chi connectivity index (χ4n) is 2.15. The monoisotopic (exact) mass is 392 g/mol. The largest absolute Gasteiger partial charge is 0.442 e. The number of hydrogen-bond donors (Lipinski definition) is 2. The van der Waals surface area contributed by atoms with Gasteiger partial charge in [0.05, 0.1) is 11.4 Å². The van der Waals surface area contributed by atoms with Crippen molar-refractivity contribution in [3.8, 4) is 0 Å². The second-order valence-electron chi connectivity index (χ2n) is 7.00. The van der Waals surface area contributed by atoms with Gasteiger partial charge in [0.15, 0.2) is 0 Å². The van der Waals surface area contributed by atoms with Crippen LogP contribution in [0.2, 0.25) is 0 Å². The zero-order valence-electron chi connectivity index (χ0n) is 16.0. The minimum atomic E-state index is -0.875. The molecule has 2 N–H and O–H groups in total. The van der Waals surface area contributed by atoms with E-state index in [9.17, 15) is 18.4 Å². The van der Waals surface area contributed by atoms with Crippen LogP contribution < -0.4 is 10.7 Å². The molecular formula is C19H22F2N4O3. The molecule has 0 spiro atoms. The molecule has 1 amide bonds. The summed E-state index contributed by atoms with van der Waals surface area (Å²) < 4.78 is 32.4. The quantitative estimate of drug-likeness (QED) is 0.434. The number of pyridine rings is 1. The second kappa shape index (κ2) is 8.64. The third-order valence-corrected chi connectivity index (χ3v) is 3.39. The van der Waals surface area contributed by atoms with E-state index < -0.39 is 29.5 Å². The Labute approximate surface area is 161 Å². The topological polar surface area (TPSA) is 83.6 Å². The lowest BCUT2D eigenvalue weighted by atomic mass is 10.2. The summed E-state index contributed by atoms with van der Waals surface area (Å²) in [6.45, 7) is 6.56. The van der Waals surface area contributed by atoms with Crippen LogP contribution in [0.4, 0.5) is 30.8 Å². The molecule has 0 bridgehead atoms. The van der Waals surface area contributed by atoms with Gasteiger partial charge in [0.25, 0.3) is 0 Å². The fraction of sp³-hybridized carbons (Fsp3) is 0.316. The molecule has 0 saturated carbocycles.